The number of carbonyl (C=O) groups excluding carboxylic acids is 1. The maximum atomic E-state index is 12.7. The van der Waals surface area contributed by atoms with Crippen molar-refractivity contribution in [3.05, 3.63) is 47.5 Å². The van der Waals surface area contributed by atoms with E-state index in [4.69, 9.17) is 0 Å². The zero-order valence-corrected chi connectivity index (χ0v) is 14.0. The average molecular weight is 344 g/mol. The molecule has 1 aromatic carbocycles. The second-order valence-electron chi connectivity index (χ2n) is 6.85. The van der Waals surface area contributed by atoms with Crippen molar-refractivity contribution in [3.8, 4) is 6.07 Å². The molecule has 2 aromatic heterocycles. The van der Waals surface area contributed by atoms with Gasteiger partial charge in [-0.15, -0.1) is 0 Å². The van der Waals surface area contributed by atoms with Crippen LogP contribution in [0.3, 0.4) is 0 Å². The van der Waals surface area contributed by atoms with E-state index < -0.39 is 5.92 Å². The molecule has 1 amide bonds. The lowest BCUT2D eigenvalue weighted by Crippen LogP contribution is -2.15. The van der Waals surface area contributed by atoms with Gasteiger partial charge in [-0.3, -0.25) is 9.48 Å². The number of hydrogen-bond donors (Lipinski definition) is 1. The molecule has 1 aliphatic heterocycles. The van der Waals surface area contributed by atoms with Crippen molar-refractivity contribution in [1.29, 1.82) is 5.26 Å². The summed E-state index contributed by atoms with van der Waals surface area (Å²) in [4.78, 5) is 21.4. The van der Waals surface area contributed by atoms with E-state index in [-0.39, 0.29) is 5.91 Å². The first-order chi connectivity index (χ1) is 12.8. The number of nitrogens with zero attached hydrogens (tertiary/aromatic N) is 5. The lowest BCUT2D eigenvalue weighted by atomic mass is 9.94. The fraction of sp³-hybridized carbons (Fsp3) is 0.316. The van der Waals surface area contributed by atoms with Gasteiger partial charge in [0.1, 0.15) is 18.3 Å². The first-order valence-corrected chi connectivity index (χ1v) is 8.80. The summed E-state index contributed by atoms with van der Waals surface area (Å²) in [5, 5.41) is 17.6. The molecule has 3 aromatic rings. The molecule has 0 bridgehead atoms. The van der Waals surface area contributed by atoms with Gasteiger partial charge in [-0.1, -0.05) is 25.0 Å². The Hall–Kier alpha value is -3.27. The number of hydrogen-bond acceptors (Lipinski definition) is 5. The largest absolute Gasteiger partial charge is 0.324 e. The minimum absolute atomic E-state index is 0.170. The van der Waals surface area contributed by atoms with Gasteiger partial charge in [-0.2, -0.15) is 10.4 Å². The van der Waals surface area contributed by atoms with Crippen LogP contribution in [0.1, 0.15) is 54.5 Å². The van der Waals surface area contributed by atoms with Crippen LogP contribution in [-0.2, 0) is 4.79 Å². The van der Waals surface area contributed by atoms with Gasteiger partial charge in [-0.25, -0.2) is 9.97 Å². The predicted molar refractivity (Wildman–Crippen MR) is 94.5 cm³/mol. The van der Waals surface area contributed by atoms with Crippen LogP contribution in [-0.4, -0.2) is 25.7 Å². The Bertz CT molecular complexity index is 1070. The van der Waals surface area contributed by atoms with E-state index in [0.29, 0.717) is 28.6 Å². The molecule has 2 aliphatic rings. The minimum atomic E-state index is -0.551. The fourth-order valence-electron chi connectivity index (χ4n) is 4.11. The zero-order valence-electron chi connectivity index (χ0n) is 14.0. The van der Waals surface area contributed by atoms with Crippen molar-refractivity contribution in [2.24, 2.45) is 0 Å². The van der Waals surface area contributed by atoms with E-state index in [1.54, 1.807) is 12.1 Å². The number of anilines is 1. The molecule has 1 aliphatic carbocycles. The van der Waals surface area contributed by atoms with E-state index in [1.807, 2.05) is 16.9 Å². The summed E-state index contributed by atoms with van der Waals surface area (Å²) in [7, 11) is 0. The second kappa shape index (κ2) is 5.63. The van der Waals surface area contributed by atoms with Crippen LogP contribution < -0.4 is 5.32 Å². The van der Waals surface area contributed by atoms with Crippen LogP contribution in [0.25, 0.3) is 11.0 Å². The number of nitrogens with one attached hydrogen (secondary N) is 1. The van der Waals surface area contributed by atoms with Crippen LogP contribution in [0.4, 0.5) is 5.69 Å². The fourth-order valence-corrected chi connectivity index (χ4v) is 4.11. The SMILES string of the molecule is N#Cc1cccc2c1NC(=O)C2c1ncnc2nn(C3CCCC3)cc12. The van der Waals surface area contributed by atoms with Gasteiger partial charge in [0.25, 0.3) is 0 Å². The van der Waals surface area contributed by atoms with Crippen molar-refractivity contribution in [2.75, 3.05) is 5.32 Å². The van der Waals surface area contributed by atoms with Crippen LogP contribution in [0.5, 0.6) is 0 Å². The molecular formula is C19H16N6O. The smallest absolute Gasteiger partial charge is 0.238 e. The molecular weight excluding hydrogens is 328 g/mol. The molecule has 1 unspecified atom stereocenters. The maximum absolute atomic E-state index is 12.7. The molecule has 7 heteroatoms. The van der Waals surface area contributed by atoms with E-state index >= 15 is 0 Å². The lowest BCUT2D eigenvalue weighted by Gasteiger charge is -2.09. The summed E-state index contributed by atoms with van der Waals surface area (Å²) >= 11 is 0. The van der Waals surface area contributed by atoms with Crippen molar-refractivity contribution in [3.63, 3.8) is 0 Å². The second-order valence-corrected chi connectivity index (χ2v) is 6.85. The molecule has 1 N–H and O–H groups in total. The van der Waals surface area contributed by atoms with Crippen LogP contribution in [0.2, 0.25) is 0 Å². The number of aromatic nitrogens is 4. The quantitative estimate of drug-likeness (QED) is 0.771. The highest BCUT2D eigenvalue weighted by Gasteiger charge is 2.36. The Morgan fingerprint density at radius 1 is 1.23 bits per heavy atom. The Balaban J connectivity index is 1.66. The van der Waals surface area contributed by atoms with Gasteiger partial charge in [0.15, 0.2) is 5.65 Å². The number of carbonyl (C=O) groups is 1. The molecule has 5 rings (SSSR count). The van der Waals surface area contributed by atoms with Gasteiger partial charge in [0.2, 0.25) is 5.91 Å². The summed E-state index contributed by atoms with van der Waals surface area (Å²) in [5.74, 6) is -0.721. The van der Waals surface area contributed by atoms with Gasteiger partial charge >= 0.3 is 0 Å². The first-order valence-electron chi connectivity index (χ1n) is 8.80. The van der Waals surface area contributed by atoms with E-state index in [1.165, 1.54) is 19.2 Å². The highest BCUT2D eigenvalue weighted by Crippen LogP contribution is 2.40. The predicted octanol–water partition coefficient (Wildman–Crippen LogP) is 2.90. The van der Waals surface area contributed by atoms with E-state index in [0.717, 1.165) is 23.8 Å². The van der Waals surface area contributed by atoms with Crippen molar-refractivity contribution in [2.45, 2.75) is 37.6 Å². The Labute approximate surface area is 149 Å². The number of para-hydroxylation sites is 1. The number of nitriles is 1. The summed E-state index contributed by atoms with van der Waals surface area (Å²) < 4.78 is 1.98. The highest BCUT2D eigenvalue weighted by molar-refractivity contribution is 6.07. The topological polar surface area (TPSA) is 96.5 Å². The first kappa shape index (κ1) is 15.0. The normalized spacial score (nSPS) is 19.5. The summed E-state index contributed by atoms with van der Waals surface area (Å²) in [6.07, 6.45) is 8.11. The standard InChI is InChI=1S/C19H16N6O/c20-8-11-4-3-7-13-15(19(26)23-16(11)13)17-14-9-25(12-5-1-2-6-12)24-18(14)22-10-21-17/h3-4,7,9-10,12,15H,1-2,5-6H2,(H,23,26). The molecule has 3 heterocycles. The number of fused-ring (bicyclic) bond motifs is 2. The molecule has 1 saturated carbocycles. The number of rotatable bonds is 2. The van der Waals surface area contributed by atoms with Crippen LogP contribution in [0.15, 0.2) is 30.7 Å². The van der Waals surface area contributed by atoms with Crippen molar-refractivity contribution in [1.82, 2.24) is 19.7 Å². The Kier molecular flexibility index (Phi) is 3.25. The molecule has 1 atom stereocenters. The van der Waals surface area contributed by atoms with Gasteiger partial charge in [0.05, 0.1) is 28.4 Å². The maximum Gasteiger partial charge on any atom is 0.238 e. The third-order valence-corrected chi connectivity index (χ3v) is 5.38. The molecule has 1 fully saturated rings. The van der Waals surface area contributed by atoms with Gasteiger partial charge in [0, 0.05) is 6.20 Å². The van der Waals surface area contributed by atoms with Gasteiger partial charge < -0.3 is 5.32 Å². The third-order valence-electron chi connectivity index (χ3n) is 5.38. The molecule has 0 saturated heterocycles. The van der Waals surface area contributed by atoms with Crippen LogP contribution in [0, 0.1) is 11.3 Å². The molecule has 128 valence electrons. The summed E-state index contributed by atoms with van der Waals surface area (Å²) in [6, 6.07) is 7.90. The Morgan fingerprint density at radius 3 is 2.88 bits per heavy atom. The number of benzene rings is 1. The van der Waals surface area contributed by atoms with Gasteiger partial charge in [-0.05, 0) is 24.5 Å². The molecule has 26 heavy (non-hydrogen) atoms. The molecule has 7 nitrogen and oxygen atoms in total. The summed E-state index contributed by atoms with van der Waals surface area (Å²) in [5.41, 5.74) is 3.08. The molecule has 0 radical (unpaired) electrons. The van der Waals surface area contributed by atoms with Crippen molar-refractivity contribution >= 4 is 22.6 Å². The van der Waals surface area contributed by atoms with E-state index in [2.05, 4.69) is 26.5 Å². The van der Waals surface area contributed by atoms with Crippen LogP contribution >= 0.6 is 0 Å². The monoisotopic (exact) mass is 344 g/mol. The summed E-state index contributed by atoms with van der Waals surface area (Å²) in [6.45, 7) is 0. The zero-order chi connectivity index (χ0) is 17.7. The minimum Gasteiger partial charge on any atom is -0.324 e. The highest BCUT2D eigenvalue weighted by atomic mass is 16.2. The molecule has 0 spiro atoms. The lowest BCUT2D eigenvalue weighted by molar-refractivity contribution is -0.116. The van der Waals surface area contributed by atoms with Crippen molar-refractivity contribution < 1.29 is 4.79 Å². The van der Waals surface area contributed by atoms with E-state index in [9.17, 15) is 10.1 Å². The third kappa shape index (κ3) is 2.12. The average Bonchev–Trinajstić information content (AvgIpc) is 3.38. The number of amides is 1. The Morgan fingerprint density at radius 2 is 2.08 bits per heavy atom.